The quantitative estimate of drug-likeness (QED) is 0.576. The molecule has 2 atom stereocenters. The normalized spacial score (nSPS) is 28.2. The number of carbonyl (C=O) groups is 3. The fourth-order valence-corrected chi connectivity index (χ4v) is 3.05. The van der Waals surface area contributed by atoms with E-state index < -0.39 is 0 Å². The molecule has 1 saturated heterocycles. The molecule has 2 fully saturated rings. The Morgan fingerprint density at radius 1 is 1.24 bits per heavy atom. The predicted molar refractivity (Wildman–Crippen MR) is 75.9 cm³/mol. The summed E-state index contributed by atoms with van der Waals surface area (Å²) >= 11 is 0. The molecule has 3 aliphatic rings. The van der Waals surface area contributed by atoms with Crippen LogP contribution in [0.1, 0.15) is 25.7 Å². The van der Waals surface area contributed by atoms with Gasteiger partial charge in [-0.2, -0.15) is 0 Å². The van der Waals surface area contributed by atoms with Crippen LogP contribution in [0.4, 0.5) is 0 Å². The molecule has 1 saturated carbocycles. The van der Waals surface area contributed by atoms with Crippen LogP contribution in [0.25, 0.3) is 0 Å². The molecule has 1 heterocycles. The summed E-state index contributed by atoms with van der Waals surface area (Å²) in [6.07, 6.45) is 7.35. The standard InChI is InChI=1S/C15H21N3O3/c1-17(8-13(19)16-10-6-7-10)9-18-14(20)11-4-2-3-5-12(11)15(18)21/h2-3,10-12H,4-9H2,1H3,(H,16,19)/t11-,12-/m0/s1. The third-order valence-corrected chi connectivity index (χ3v) is 4.34. The monoisotopic (exact) mass is 291 g/mol. The van der Waals surface area contributed by atoms with Crippen molar-refractivity contribution in [2.45, 2.75) is 31.7 Å². The fourth-order valence-electron chi connectivity index (χ4n) is 3.05. The van der Waals surface area contributed by atoms with E-state index in [0.717, 1.165) is 12.8 Å². The number of allylic oxidation sites excluding steroid dienone is 2. The van der Waals surface area contributed by atoms with Crippen molar-refractivity contribution in [3.05, 3.63) is 12.2 Å². The molecule has 1 N–H and O–H groups in total. The van der Waals surface area contributed by atoms with E-state index in [4.69, 9.17) is 0 Å². The average Bonchev–Trinajstić information content (AvgIpc) is 3.23. The Morgan fingerprint density at radius 2 is 1.81 bits per heavy atom. The number of likely N-dealkylation sites (tertiary alicyclic amines) is 1. The second kappa shape index (κ2) is 5.60. The number of imide groups is 1. The zero-order valence-electron chi connectivity index (χ0n) is 12.2. The molecule has 6 heteroatoms. The van der Waals surface area contributed by atoms with Gasteiger partial charge in [-0.05, 0) is 32.7 Å². The van der Waals surface area contributed by atoms with Gasteiger partial charge in [-0.25, -0.2) is 0 Å². The highest BCUT2D eigenvalue weighted by Gasteiger charge is 2.47. The number of rotatable bonds is 5. The number of carbonyl (C=O) groups excluding carboxylic acids is 3. The van der Waals surface area contributed by atoms with Gasteiger partial charge in [-0.3, -0.25) is 24.2 Å². The van der Waals surface area contributed by atoms with Crippen LogP contribution in [-0.4, -0.2) is 53.8 Å². The van der Waals surface area contributed by atoms with Crippen molar-refractivity contribution in [3.63, 3.8) is 0 Å². The zero-order chi connectivity index (χ0) is 15.0. The second-order valence-electron chi connectivity index (χ2n) is 6.26. The van der Waals surface area contributed by atoms with Gasteiger partial charge in [0.2, 0.25) is 17.7 Å². The van der Waals surface area contributed by atoms with Crippen molar-refractivity contribution in [1.82, 2.24) is 15.1 Å². The summed E-state index contributed by atoms with van der Waals surface area (Å²) in [7, 11) is 1.76. The molecule has 0 unspecified atom stereocenters. The Bertz CT molecular complexity index is 472. The van der Waals surface area contributed by atoms with Gasteiger partial charge in [0.05, 0.1) is 25.0 Å². The topological polar surface area (TPSA) is 69.7 Å². The highest BCUT2D eigenvalue weighted by atomic mass is 16.2. The van der Waals surface area contributed by atoms with Crippen LogP contribution in [0.5, 0.6) is 0 Å². The lowest BCUT2D eigenvalue weighted by atomic mass is 9.85. The zero-order valence-corrected chi connectivity index (χ0v) is 12.2. The molecular formula is C15H21N3O3. The van der Waals surface area contributed by atoms with E-state index in [-0.39, 0.29) is 42.8 Å². The van der Waals surface area contributed by atoms with Gasteiger partial charge in [-0.15, -0.1) is 0 Å². The van der Waals surface area contributed by atoms with Crippen LogP contribution in [0.15, 0.2) is 12.2 Å². The summed E-state index contributed by atoms with van der Waals surface area (Å²) in [5, 5.41) is 2.90. The van der Waals surface area contributed by atoms with Crippen LogP contribution >= 0.6 is 0 Å². The van der Waals surface area contributed by atoms with E-state index in [1.807, 2.05) is 12.2 Å². The average molecular weight is 291 g/mol. The molecule has 3 amide bonds. The second-order valence-corrected chi connectivity index (χ2v) is 6.26. The minimum atomic E-state index is -0.198. The third-order valence-electron chi connectivity index (χ3n) is 4.34. The Labute approximate surface area is 124 Å². The third kappa shape index (κ3) is 3.00. The van der Waals surface area contributed by atoms with Crippen LogP contribution < -0.4 is 5.32 Å². The molecular weight excluding hydrogens is 270 g/mol. The predicted octanol–water partition coefficient (Wildman–Crippen LogP) is 0.106. The number of nitrogens with zero attached hydrogens (tertiary/aromatic N) is 2. The van der Waals surface area contributed by atoms with Gasteiger partial charge in [0.25, 0.3) is 0 Å². The van der Waals surface area contributed by atoms with E-state index in [1.54, 1.807) is 11.9 Å². The Kier molecular flexibility index (Phi) is 3.80. The molecule has 0 radical (unpaired) electrons. The summed E-state index contributed by atoms with van der Waals surface area (Å²) in [6, 6.07) is 0.329. The summed E-state index contributed by atoms with van der Waals surface area (Å²) in [4.78, 5) is 39.4. The maximum absolute atomic E-state index is 12.3. The van der Waals surface area contributed by atoms with Crippen molar-refractivity contribution in [2.24, 2.45) is 11.8 Å². The van der Waals surface area contributed by atoms with Crippen LogP contribution in [0.2, 0.25) is 0 Å². The maximum Gasteiger partial charge on any atom is 0.234 e. The van der Waals surface area contributed by atoms with E-state index in [1.165, 1.54) is 4.90 Å². The minimum Gasteiger partial charge on any atom is -0.352 e. The summed E-state index contributed by atoms with van der Waals surface area (Å²) in [6.45, 7) is 0.407. The van der Waals surface area contributed by atoms with E-state index >= 15 is 0 Å². The molecule has 21 heavy (non-hydrogen) atoms. The Hall–Kier alpha value is -1.69. The molecule has 2 aliphatic carbocycles. The first-order valence-corrected chi connectivity index (χ1v) is 7.54. The molecule has 0 aromatic carbocycles. The molecule has 0 aromatic rings. The van der Waals surface area contributed by atoms with Crippen LogP contribution in [0.3, 0.4) is 0 Å². The lowest BCUT2D eigenvalue weighted by Gasteiger charge is -2.22. The number of nitrogens with one attached hydrogen (secondary N) is 1. The largest absolute Gasteiger partial charge is 0.352 e. The molecule has 0 bridgehead atoms. The van der Waals surface area contributed by atoms with E-state index in [2.05, 4.69) is 5.32 Å². The molecule has 0 spiro atoms. The lowest BCUT2D eigenvalue weighted by molar-refractivity contribution is -0.143. The van der Waals surface area contributed by atoms with Crippen molar-refractivity contribution >= 4 is 17.7 Å². The fraction of sp³-hybridized carbons (Fsp3) is 0.667. The molecule has 114 valence electrons. The van der Waals surface area contributed by atoms with Gasteiger partial charge in [0, 0.05) is 6.04 Å². The van der Waals surface area contributed by atoms with Gasteiger partial charge in [-0.1, -0.05) is 12.2 Å². The van der Waals surface area contributed by atoms with Gasteiger partial charge >= 0.3 is 0 Å². The molecule has 0 aromatic heterocycles. The lowest BCUT2D eigenvalue weighted by Crippen LogP contribution is -2.44. The molecule has 3 rings (SSSR count). The summed E-state index contributed by atoms with van der Waals surface area (Å²) in [5.74, 6) is -0.627. The number of amides is 3. The number of fused-ring (bicyclic) bond motifs is 1. The number of likely N-dealkylation sites (N-methyl/N-ethyl adjacent to an activating group) is 1. The molecule has 6 nitrogen and oxygen atoms in total. The first kappa shape index (κ1) is 14.3. The summed E-state index contributed by atoms with van der Waals surface area (Å²) in [5.41, 5.74) is 0. The molecule has 1 aliphatic heterocycles. The van der Waals surface area contributed by atoms with Crippen molar-refractivity contribution in [2.75, 3.05) is 20.3 Å². The van der Waals surface area contributed by atoms with Crippen molar-refractivity contribution in [1.29, 1.82) is 0 Å². The smallest absolute Gasteiger partial charge is 0.234 e. The highest BCUT2D eigenvalue weighted by molar-refractivity contribution is 6.05. The first-order chi connectivity index (χ1) is 10.1. The minimum absolute atomic E-state index is 0.0434. The highest BCUT2D eigenvalue weighted by Crippen LogP contribution is 2.34. The van der Waals surface area contributed by atoms with Crippen molar-refractivity contribution < 1.29 is 14.4 Å². The number of hydrogen-bond acceptors (Lipinski definition) is 4. The van der Waals surface area contributed by atoms with Crippen molar-refractivity contribution in [3.8, 4) is 0 Å². The van der Waals surface area contributed by atoms with Gasteiger partial charge in [0.1, 0.15) is 0 Å². The van der Waals surface area contributed by atoms with E-state index in [0.29, 0.717) is 18.9 Å². The first-order valence-electron chi connectivity index (χ1n) is 7.54. The summed E-state index contributed by atoms with van der Waals surface area (Å²) < 4.78 is 0. The number of hydrogen-bond donors (Lipinski definition) is 1. The van der Waals surface area contributed by atoms with E-state index in [9.17, 15) is 14.4 Å². The maximum atomic E-state index is 12.3. The van der Waals surface area contributed by atoms with Gasteiger partial charge in [0.15, 0.2) is 0 Å². The van der Waals surface area contributed by atoms with Crippen LogP contribution in [-0.2, 0) is 14.4 Å². The Balaban J connectivity index is 1.55. The van der Waals surface area contributed by atoms with Crippen LogP contribution in [0, 0.1) is 11.8 Å². The SMILES string of the molecule is CN(CC(=O)NC1CC1)CN1C(=O)[C@H]2CC=CC[C@@H]2C1=O. The van der Waals surface area contributed by atoms with Gasteiger partial charge < -0.3 is 5.32 Å². The Morgan fingerprint density at radius 3 is 2.33 bits per heavy atom.